The molecule has 2 unspecified atom stereocenters. The van der Waals surface area contributed by atoms with Crippen molar-refractivity contribution in [2.24, 2.45) is 0 Å². The number of carbonyl (C=O) groups excluding carboxylic acids is 1. The zero-order chi connectivity index (χ0) is 12.5. The topological polar surface area (TPSA) is 32.3 Å². The molecule has 0 aliphatic carbocycles. The summed E-state index contributed by atoms with van der Waals surface area (Å²) in [6, 6.07) is 8.97. The zero-order valence-electron chi connectivity index (χ0n) is 10.6. The lowest BCUT2D eigenvalue weighted by Gasteiger charge is -2.33. The van der Waals surface area contributed by atoms with Crippen molar-refractivity contribution in [1.29, 1.82) is 0 Å². The van der Waals surface area contributed by atoms with Crippen LogP contribution in [0.1, 0.15) is 24.4 Å². The maximum atomic E-state index is 12.0. The molecule has 0 radical (unpaired) electrons. The average molecular weight is 262 g/mol. The van der Waals surface area contributed by atoms with Crippen molar-refractivity contribution >= 4 is 23.4 Å². The number of para-hydroxylation sites is 1. The molecular weight excluding hydrogens is 244 g/mol. The monoisotopic (exact) mass is 262 g/mol. The molecule has 18 heavy (non-hydrogen) atoms. The van der Waals surface area contributed by atoms with Gasteiger partial charge < -0.3 is 10.2 Å². The number of benzene rings is 1. The molecule has 1 aromatic carbocycles. The molecule has 1 N–H and O–H groups in total. The molecule has 0 saturated carbocycles. The second-order valence-corrected chi connectivity index (χ2v) is 6.15. The summed E-state index contributed by atoms with van der Waals surface area (Å²) in [5.41, 5.74) is 2.31. The maximum Gasteiger partial charge on any atom is 0.228 e. The Morgan fingerprint density at radius 3 is 3.00 bits per heavy atom. The third-order valence-corrected chi connectivity index (χ3v) is 4.96. The van der Waals surface area contributed by atoms with Crippen LogP contribution in [0.2, 0.25) is 0 Å². The first kappa shape index (κ1) is 12.1. The Kier molecular flexibility index (Phi) is 3.31. The molecule has 2 heterocycles. The van der Waals surface area contributed by atoms with Crippen molar-refractivity contribution in [2.45, 2.75) is 24.9 Å². The standard InChI is InChI=1S/C14H18N2OS/c1-16-13-5-3-2-4-11(13)12(8-14(16)17)15-10-6-7-18-9-10/h2-5,10,12,15H,6-9H2,1H3. The lowest BCUT2D eigenvalue weighted by atomic mass is 9.95. The number of fused-ring (bicyclic) bond motifs is 1. The summed E-state index contributed by atoms with van der Waals surface area (Å²) in [5, 5.41) is 3.66. The number of nitrogens with zero attached hydrogens (tertiary/aromatic N) is 1. The van der Waals surface area contributed by atoms with Gasteiger partial charge in [-0.2, -0.15) is 11.8 Å². The highest BCUT2D eigenvalue weighted by Crippen LogP contribution is 2.34. The van der Waals surface area contributed by atoms with Gasteiger partial charge in [0.2, 0.25) is 5.91 Å². The van der Waals surface area contributed by atoms with Crippen molar-refractivity contribution < 1.29 is 4.79 Å². The first-order chi connectivity index (χ1) is 8.75. The predicted molar refractivity (Wildman–Crippen MR) is 76.1 cm³/mol. The van der Waals surface area contributed by atoms with Crippen molar-refractivity contribution in [3.8, 4) is 0 Å². The largest absolute Gasteiger partial charge is 0.315 e. The maximum absolute atomic E-state index is 12.0. The summed E-state index contributed by atoms with van der Waals surface area (Å²) < 4.78 is 0. The summed E-state index contributed by atoms with van der Waals surface area (Å²) in [7, 11) is 1.86. The van der Waals surface area contributed by atoms with E-state index < -0.39 is 0 Å². The molecule has 1 amide bonds. The summed E-state index contributed by atoms with van der Waals surface area (Å²) in [6.45, 7) is 0. The molecule has 1 saturated heterocycles. The number of hydrogen-bond acceptors (Lipinski definition) is 3. The van der Waals surface area contributed by atoms with Gasteiger partial charge in [0.25, 0.3) is 0 Å². The third-order valence-electron chi connectivity index (χ3n) is 3.79. The highest BCUT2D eigenvalue weighted by Gasteiger charge is 2.30. The van der Waals surface area contributed by atoms with Crippen LogP contribution in [-0.2, 0) is 4.79 Å². The highest BCUT2D eigenvalue weighted by molar-refractivity contribution is 7.99. The SMILES string of the molecule is CN1C(=O)CC(NC2CCSC2)c2ccccc21. The van der Waals surface area contributed by atoms with Gasteiger partial charge in [-0.05, 0) is 23.8 Å². The minimum absolute atomic E-state index is 0.189. The molecular formula is C14H18N2OS. The first-order valence-electron chi connectivity index (χ1n) is 6.45. The molecule has 0 aromatic heterocycles. The molecule has 1 fully saturated rings. The van der Waals surface area contributed by atoms with E-state index in [-0.39, 0.29) is 11.9 Å². The van der Waals surface area contributed by atoms with Gasteiger partial charge in [-0.15, -0.1) is 0 Å². The van der Waals surface area contributed by atoms with Gasteiger partial charge in [0.1, 0.15) is 0 Å². The Morgan fingerprint density at radius 1 is 1.39 bits per heavy atom. The molecule has 96 valence electrons. The Balaban J connectivity index is 1.86. The van der Waals surface area contributed by atoms with Crippen LogP contribution in [0, 0.1) is 0 Å². The van der Waals surface area contributed by atoms with E-state index >= 15 is 0 Å². The Morgan fingerprint density at radius 2 is 2.22 bits per heavy atom. The molecule has 0 spiro atoms. The fraction of sp³-hybridized carbons (Fsp3) is 0.500. The molecule has 2 aliphatic heterocycles. The number of rotatable bonds is 2. The zero-order valence-corrected chi connectivity index (χ0v) is 11.4. The van der Waals surface area contributed by atoms with Crippen LogP contribution in [0.4, 0.5) is 5.69 Å². The van der Waals surface area contributed by atoms with Crippen LogP contribution in [0.5, 0.6) is 0 Å². The first-order valence-corrected chi connectivity index (χ1v) is 7.60. The Labute approximate surface area is 112 Å². The van der Waals surface area contributed by atoms with Crippen molar-refractivity contribution in [3.05, 3.63) is 29.8 Å². The normalized spacial score (nSPS) is 27.4. The van der Waals surface area contributed by atoms with Crippen LogP contribution in [0.3, 0.4) is 0 Å². The lowest BCUT2D eigenvalue weighted by Crippen LogP contribution is -2.41. The number of hydrogen-bond donors (Lipinski definition) is 1. The lowest BCUT2D eigenvalue weighted by molar-refractivity contribution is -0.119. The van der Waals surface area contributed by atoms with Gasteiger partial charge in [-0.3, -0.25) is 4.79 Å². The van der Waals surface area contributed by atoms with Crippen LogP contribution < -0.4 is 10.2 Å². The van der Waals surface area contributed by atoms with Gasteiger partial charge in [0.15, 0.2) is 0 Å². The smallest absolute Gasteiger partial charge is 0.228 e. The van der Waals surface area contributed by atoms with E-state index in [9.17, 15) is 4.79 Å². The van der Waals surface area contributed by atoms with E-state index in [0.29, 0.717) is 12.5 Å². The highest BCUT2D eigenvalue weighted by atomic mass is 32.2. The van der Waals surface area contributed by atoms with E-state index in [1.54, 1.807) is 4.90 Å². The van der Waals surface area contributed by atoms with Crippen molar-refractivity contribution in [2.75, 3.05) is 23.5 Å². The third kappa shape index (κ3) is 2.15. The summed E-state index contributed by atoms with van der Waals surface area (Å²) in [5.74, 6) is 2.61. The average Bonchev–Trinajstić information content (AvgIpc) is 2.89. The summed E-state index contributed by atoms with van der Waals surface area (Å²) in [4.78, 5) is 13.8. The van der Waals surface area contributed by atoms with Crippen molar-refractivity contribution in [1.82, 2.24) is 5.32 Å². The fourth-order valence-corrected chi connectivity index (χ4v) is 3.91. The molecule has 3 nitrogen and oxygen atoms in total. The van der Waals surface area contributed by atoms with E-state index in [1.807, 2.05) is 30.9 Å². The number of nitrogens with one attached hydrogen (secondary N) is 1. The van der Waals surface area contributed by atoms with E-state index in [1.165, 1.54) is 23.5 Å². The second-order valence-electron chi connectivity index (χ2n) is 5.00. The Hall–Kier alpha value is -1.00. The molecule has 1 aromatic rings. The summed E-state index contributed by atoms with van der Waals surface area (Å²) in [6.07, 6.45) is 1.79. The van der Waals surface area contributed by atoms with Crippen LogP contribution >= 0.6 is 11.8 Å². The molecule has 2 aliphatic rings. The van der Waals surface area contributed by atoms with Crippen LogP contribution in [0.25, 0.3) is 0 Å². The fourth-order valence-electron chi connectivity index (χ4n) is 2.74. The van der Waals surface area contributed by atoms with Gasteiger partial charge in [0, 0.05) is 37.0 Å². The number of carbonyl (C=O) groups is 1. The van der Waals surface area contributed by atoms with E-state index in [4.69, 9.17) is 0 Å². The van der Waals surface area contributed by atoms with Crippen LogP contribution in [0.15, 0.2) is 24.3 Å². The van der Waals surface area contributed by atoms with Gasteiger partial charge in [0.05, 0.1) is 0 Å². The molecule has 0 bridgehead atoms. The molecule has 4 heteroatoms. The minimum Gasteiger partial charge on any atom is -0.315 e. The van der Waals surface area contributed by atoms with Gasteiger partial charge in [-0.1, -0.05) is 18.2 Å². The van der Waals surface area contributed by atoms with Crippen molar-refractivity contribution in [3.63, 3.8) is 0 Å². The van der Waals surface area contributed by atoms with Crippen LogP contribution in [-0.4, -0.2) is 30.5 Å². The van der Waals surface area contributed by atoms with E-state index in [0.717, 1.165) is 5.69 Å². The minimum atomic E-state index is 0.189. The van der Waals surface area contributed by atoms with E-state index in [2.05, 4.69) is 17.4 Å². The Bertz CT molecular complexity index is 457. The quantitative estimate of drug-likeness (QED) is 0.886. The number of amides is 1. The predicted octanol–water partition coefficient (Wildman–Crippen LogP) is 2.19. The number of thioether (sulfide) groups is 1. The molecule has 2 atom stereocenters. The van der Waals surface area contributed by atoms with Gasteiger partial charge in [-0.25, -0.2) is 0 Å². The molecule has 3 rings (SSSR count). The second kappa shape index (κ2) is 4.94. The van der Waals surface area contributed by atoms with Gasteiger partial charge >= 0.3 is 0 Å². The summed E-state index contributed by atoms with van der Waals surface area (Å²) >= 11 is 2.00. The number of anilines is 1.